The first-order chi connectivity index (χ1) is 3.29. The van der Waals surface area contributed by atoms with Gasteiger partial charge in [-0.15, -0.1) is 0 Å². The summed E-state index contributed by atoms with van der Waals surface area (Å²) >= 11 is 1.77. The van der Waals surface area contributed by atoms with Gasteiger partial charge in [-0.05, 0) is 0 Å². The first kappa shape index (κ1) is 5.78. The van der Waals surface area contributed by atoms with Gasteiger partial charge in [0.05, 0.1) is 0 Å². The molecule has 0 bridgehead atoms. The molecule has 38 valence electrons. The molecule has 1 aromatic rings. The molecule has 0 saturated heterocycles. The van der Waals surface area contributed by atoms with Crippen LogP contribution in [-0.4, -0.2) is 25.3 Å². The Morgan fingerprint density at radius 3 is 2.43 bits per heavy atom. The fourth-order valence-corrected chi connectivity index (χ4v) is 6.25. The van der Waals surface area contributed by atoms with Gasteiger partial charge in [-0.1, -0.05) is 0 Å². The van der Waals surface area contributed by atoms with Crippen molar-refractivity contribution in [2.45, 2.75) is 13.8 Å². The van der Waals surface area contributed by atoms with Crippen molar-refractivity contribution >= 4 is 25.3 Å². The summed E-state index contributed by atoms with van der Waals surface area (Å²) in [5.41, 5.74) is 0. The average Bonchev–Trinajstić information content (AvgIpc) is 1.87. The third-order valence-electron chi connectivity index (χ3n) is 0.711. The molecule has 0 N–H and O–H groups in total. The van der Waals surface area contributed by atoms with E-state index in [2.05, 4.69) is 19.9 Å². The molecule has 2 heteroatoms. The molecule has 1 heterocycles. The molecular weight excluding hydrogens is 218 g/mol. The molecular formula is C5H7Se2+. The molecule has 0 fully saturated rings. The van der Waals surface area contributed by atoms with Crippen molar-refractivity contribution in [1.29, 1.82) is 0 Å². The fourth-order valence-electron chi connectivity index (χ4n) is 0.466. The van der Waals surface area contributed by atoms with Crippen LogP contribution in [0.3, 0.4) is 0 Å². The van der Waals surface area contributed by atoms with E-state index in [4.69, 9.17) is 0 Å². The molecule has 0 aliphatic carbocycles. The Bertz CT molecular complexity index is 138. The summed E-state index contributed by atoms with van der Waals surface area (Å²) in [4.78, 5) is 0. The van der Waals surface area contributed by atoms with E-state index in [9.17, 15) is 0 Å². The van der Waals surface area contributed by atoms with Crippen LogP contribution < -0.4 is 0 Å². The number of aryl methyl sites for hydroxylation is 2. The molecule has 0 atom stereocenters. The Labute approximate surface area is 54.2 Å². The topological polar surface area (TPSA) is 0 Å². The minimum absolute atomic E-state index is 0.886. The first-order valence-corrected chi connectivity index (χ1v) is 8.20. The van der Waals surface area contributed by atoms with Crippen LogP contribution in [0, 0.1) is 13.8 Å². The molecule has 0 aliphatic heterocycles. The average molecular weight is 225 g/mol. The molecule has 7 heavy (non-hydrogen) atoms. The monoisotopic (exact) mass is 227 g/mol. The number of hydrogen-bond acceptors (Lipinski definition) is 0. The van der Waals surface area contributed by atoms with E-state index >= 15 is 0 Å². The van der Waals surface area contributed by atoms with Crippen molar-refractivity contribution in [3.8, 4) is 0 Å². The van der Waals surface area contributed by atoms with Crippen molar-refractivity contribution < 1.29 is 0 Å². The van der Waals surface area contributed by atoms with Gasteiger partial charge in [0.25, 0.3) is 0 Å². The quantitative estimate of drug-likeness (QED) is 0.570. The van der Waals surface area contributed by atoms with Gasteiger partial charge in [0, 0.05) is 0 Å². The zero-order chi connectivity index (χ0) is 5.28. The van der Waals surface area contributed by atoms with Crippen molar-refractivity contribution in [1.82, 2.24) is 0 Å². The molecule has 1 rings (SSSR count). The summed E-state index contributed by atoms with van der Waals surface area (Å²) in [6, 6.07) is 2.33. The molecule has 0 saturated carbocycles. The Morgan fingerprint density at radius 2 is 2.29 bits per heavy atom. The molecule has 0 unspecified atom stereocenters. The van der Waals surface area contributed by atoms with Crippen molar-refractivity contribution in [2.24, 2.45) is 0 Å². The first-order valence-electron chi connectivity index (χ1n) is 2.15. The SMILES string of the molecule is Cc1cc(C)[se+][se]1. The normalized spacial score (nSPS) is 9.43. The van der Waals surface area contributed by atoms with Gasteiger partial charge in [0.1, 0.15) is 0 Å². The predicted molar refractivity (Wildman–Crippen MR) is 34.2 cm³/mol. The predicted octanol–water partition coefficient (Wildman–Crippen LogP) is 0.699. The van der Waals surface area contributed by atoms with Crippen LogP contribution in [0.5, 0.6) is 0 Å². The summed E-state index contributed by atoms with van der Waals surface area (Å²) in [7, 11) is 0. The molecule has 0 nitrogen and oxygen atoms in total. The maximum absolute atomic E-state index is 2.33. The van der Waals surface area contributed by atoms with Crippen LogP contribution >= 0.6 is 0 Å². The second-order valence-corrected chi connectivity index (χ2v) is 8.57. The summed E-state index contributed by atoms with van der Waals surface area (Å²) in [5.74, 6) is 0. The van der Waals surface area contributed by atoms with Crippen LogP contribution in [0.25, 0.3) is 0 Å². The van der Waals surface area contributed by atoms with Crippen LogP contribution in [0.2, 0.25) is 0 Å². The molecule has 0 spiro atoms. The third-order valence-corrected chi connectivity index (χ3v) is 9.12. The Morgan fingerprint density at radius 1 is 1.57 bits per heavy atom. The van der Waals surface area contributed by atoms with E-state index < -0.39 is 0 Å². The summed E-state index contributed by atoms with van der Waals surface area (Å²) in [5, 5.41) is 0. The van der Waals surface area contributed by atoms with E-state index in [0.29, 0.717) is 0 Å². The third kappa shape index (κ3) is 1.54. The Balaban J connectivity index is 3.04. The molecule has 0 amide bonds. The standard InChI is InChI=1S/C5H7Se2/c1-4-3-5(2)7-6-4/h3H,1-2H3/q+1. The zero-order valence-corrected chi connectivity index (χ0v) is 7.82. The summed E-state index contributed by atoms with van der Waals surface area (Å²) in [6.45, 7) is 4.47. The molecule has 0 radical (unpaired) electrons. The van der Waals surface area contributed by atoms with Gasteiger partial charge >= 0.3 is 54.1 Å². The minimum atomic E-state index is 0.886. The Hall–Kier alpha value is 0.649. The van der Waals surface area contributed by atoms with Crippen molar-refractivity contribution in [3.63, 3.8) is 0 Å². The van der Waals surface area contributed by atoms with Gasteiger partial charge in [-0.25, -0.2) is 0 Å². The van der Waals surface area contributed by atoms with Crippen molar-refractivity contribution in [2.75, 3.05) is 0 Å². The van der Waals surface area contributed by atoms with E-state index in [1.165, 1.54) is 0 Å². The van der Waals surface area contributed by atoms with E-state index in [1.54, 1.807) is 8.87 Å². The van der Waals surface area contributed by atoms with Gasteiger partial charge < -0.3 is 0 Å². The number of rotatable bonds is 0. The van der Waals surface area contributed by atoms with Gasteiger partial charge in [0.2, 0.25) is 0 Å². The molecule has 0 aliphatic rings. The second kappa shape index (κ2) is 2.28. The van der Waals surface area contributed by atoms with Crippen molar-refractivity contribution in [3.05, 3.63) is 14.9 Å². The van der Waals surface area contributed by atoms with E-state index in [1.807, 2.05) is 0 Å². The van der Waals surface area contributed by atoms with Crippen LogP contribution in [0.1, 0.15) is 8.87 Å². The second-order valence-electron chi connectivity index (χ2n) is 1.53. The van der Waals surface area contributed by atoms with Crippen LogP contribution in [0.4, 0.5) is 0 Å². The maximum atomic E-state index is 2.33. The number of hydrogen-bond donors (Lipinski definition) is 0. The van der Waals surface area contributed by atoms with E-state index in [0.717, 1.165) is 25.3 Å². The van der Waals surface area contributed by atoms with Gasteiger partial charge in [-0.2, -0.15) is 0 Å². The van der Waals surface area contributed by atoms with Gasteiger partial charge in [0.15, 0.2) is 0 Å². The fraction of sp³-hybridized carbons (Fsp3) is 0.400. The molecule has 0 aromatic carbocycles. The van der Waals surface area contributed by atoms with Gasteiger partial charge in [-0.3, -0.25) is 0 Å². The van der Waals surface area contributed by atoms with Crippen LogP contribution in [0.15, 0.2) is 6.07 Å². The zero-order valence-electron chi connectivity index (χ0n) is 4.39. The van der Waals surface area contributed by atoms with E-state index in [-0.39, 0.29) is 0 Å². The molecule has 1 aromatic heterocycles. The Kier molecular flexibility index (Phi) is 1.88. The van der Waals surface area contributed by atoms with Crippen LogP contribution in [-0.2, 0) is 0 Å². The summed E-state index contributed by atoms with van der Waals surface area (Å²) < 4.78 is 3.26. The summed E-state index contributed by atoms with van der Waals surface area (Å²) in [6.07, 6.45) is 0.